The number of likely N-dealkylation sites (tertiary alicyclic amines) is 1. The van der Waals surface area contributed by atoms with Crippen LogP contribution in [0.15, 0.2) is 40.0 Å². The molecule has 2 heterocycles. The Labute approximate surface area is 185 Å². The number of rotatable bonds is 6. The fraction of sp³-hybridized carbons (Fsp3) is 0.417. The Bertz CT molecular complexity index is 1150. The summed E-state index contributed by atoms with van der Waals surface area (Å²) in [7, 11) is 0. The van der Waals surface area contributed by atoms with Crippen molar-refractivity contribution in [2.75, 3.05) is 18.8 Å². The van der Waals surface area contributed by atoms with Crippen molar-refractivity contribution in [1.82, 2.24) is 15.1 Å². The van der Waals surface area contributed by atoms with Crippen molar-refractivity contribution in [3.05, 3.63) is 52.9 Å². The van der Waals surface area contributed by atoms with Gasteiger partial charge in [0.2, 0.25) is 11.8 Å². The van der Waals surface area contributed by atoms with Crippen LogP contribution in [-0.2, 0) is 24.1 Å². The maximum absolute atomic E-state index is 13.5. The molecule has 3 aromatic rings. The smallest absolute Gasteiger partial charge is 0.277 e. The standard InChI is InChI=1S/C24H25N3O3S/c1-2-20-25-26-24(30-20)31-14-21(28)27-12-4-6-17(13-27)23(29)19-11-10-16-9-8-15-5-3-7-18(19)22(15)16/h3,5,7,10-11,17H,2,4,6,8-9,12-14H2,1H3. The van der Waals surface area contributed by atoms with Crippen molar-refractivity contribution in [3.8, 4) is 0 Å². The molecule has 0 spiro atoms. The molecule has 5 rings (SSSR count). The lowest BCUT2D eigenvalue weighted by molar-refractivity contribution is -0.129. The summed E-state index contributed by atoms with van der Waals surface area (Å²) in [4.78, 5) is 28.0. The molecule has 0 N–H and O–H groups in total. The minimum Gasteiger partial charge on any atom is -0.416 e. The summed E-state index contributed by atoms with van der Waals surface area (Å²) in [5, 5.41) is 10.6. The van der Waals surface area contributed by atoms with E-state index in [9.17, 15) is 9.59 Å². The highest BCUT2D eigenvalue weighted by Gasteiger charge is 2.30. The first-order chi connectivity index (χ1) is 15.1. The molecule has 6 nitrogen and oxygen atoms in total. The molecular formula is C24H25N3O3S. The van der Waals surface area contributed by atoms with E-state index in [1.165, 1.54) is 28.3 Å². The maximum Gasteiger partial charge on any atom is 0.277 e. The third-order valence-electron chi connectivity index (χ3n) is 6.36. The topological polar surface area (TPSA) is 76.3 Å². The first-order valence-corrected chi connectivity index (χ1v) is 11.9. The molecule has 1 aliphatic heterocycles. The van der Waals surface area contributed by atoms with E-state index in [2.05, 4.69) is 34.5 Å². The summed E-state index contributed by atoms with van der Waals surface area (Å²) in [6, 6.07) is 10.4. The molecule has 2 aliphatic rings. The second-order valence-corrected chi connectivity index (χ2v) is 9.19. The Hall–Kier alpha value is -2.67. The molecule has 31 heavy (non-hydrogen) atoms. The Morgan fingerprint density at radius 2 is 2.00 bits per heavy atom. The summed E-state index contributed by atoms with van der Waals surface area (Å²) < 4.78 is 5.47. The molecule has 1 aromatic heterocycles. The second-order valence-electron chi connectivity index (χ2n) is 8.26. The Balaban J connectivity index is 1.29. The molecule has 1 fully saturated rings. The summed E-state index contributed by atoms with van der Waals surface area (Å²) in [5.74, 6) is 0.831. The van der Waals surface area contributed by atoms with E-state index in [0.717, 1.165) is 36.6 Å². The van der Waals surface area contributed by atoms with Crippen LogP contribution in [0.2, 0.25) is 0 Å². The predicted molar refractivity (Wildman–Crippen MR) is 119 cm³/mol. The number of carbonyl (C=O) groups excluding carboxylic acids is 2. The number of thioether (sulfide) groups is 1. The average molecular weight is 436 g/mol. The van der Waals surface area contributed by atoms with Crippen LogP contribution >= 0.6 is 11.8 Å². The van der Waals surface area contributed by atoms with E-state index in [0.29, 0.717) is 30.6 Å². The minimum atomic E-state index is -0.156. The summed E-state index contributed by atoms with van der Waals surface area (Å²) in [5.41, 5.74) is 3.48. The van der Waals surface area contributed by atoms with Crippen LogP contribution in [0.4, 0.5) is 0 Å². The number of hydrogen-bond donors (Lipinski definition) is 0. The zero-order valence-electron chi connectivity index (χ0n) is 17.6. The van der Waals surface area contributed by atoms with Crippen molar-refractivity contribution in [1.29, 1.82) is 0 Å². The summed E-state index contributed by atoms with van der Waals surface area (Å²) in [6.45, 7) is 3.11. The van der Waals surface area contributed by atoms with Crippen molar-refractivity contribution in [2.24, 2.45) is 5.92 Å². The molecule has 0 bridgehead atoms. The lowest BCUT2D eigenvalue weighted by atomic mass is 9.87. The van der Waals surface area contributed by atoms with Crippen molar-refractivity contribution in [3.63, 3.8) is 0 Å². The summed E-state index contributed by atoms with van der Waals surface area (Å²) >= 11 is 1.26. The van der Waals surface area contributed by atoms with Crippen molar-refractivity contribution >= 4 is 34.2 Å². The number of ketones is 1. The molecule has 1 unspecified atom stereocenters. The molecular weight excluding hydrogens is 410 g/mol. The first-order valence-electron chi connectivity index (χ1n) is 10.9. The van der Waals surface area contributed by atoms with E-state index >= 15 is 0 Å². The third kappa shape index (κ3) is 3.87. The second kappa shape index (κ2) is 8.46. The van der Waals surface area contributed by atoms with Crippen LogP contribution in [0.25, 0.3) is 10.8 Å². The highest BCUT2D eigenvalue weighted by molar-refractivity contribution is 7.99. The molecule has 1 amide bonds. The number of hydrogen-bond acceptors (Lipinski definition) is 6. The first kappa shape index (κ1) is 20.2. The van der Waals surface area contributed by atoms with E-state index in [4.69, 9.17) is 4.42 Å². The van der Waals surface area contributed by atoms with Gasteiger partial charge in [-0.25, -0.2) is 0 Å². The molecule has 2 aromatic carbocycles. The molecule has 160 valence electrons. The average Bonchev–Trinajstić information content (AvgIpc) is 3.45. The van der Waals surface area contributed by atoms with Crippen LogP contribution in [-0.4, -0.2) is 45.6 Å². The van der Waals surface area contributed by atoms with Gasteiger partial charge in [0.15, 0.2) is 5.78 Å². The lowest BCUT2D eigenvalue weighted by Gasteiger charge is -2.32. The maximum atomic E-state index is 13.5. The SMILES string of the molecule is CCc1nnc(SCC(=O)N2CCCC(C(=O)c3ccc4c5c(cccc35)CC4)C2)o1. The normalized spacial score (nSPS) is 18.0. The quantitative estimate of drug-likeness (QED) is 0.429. The molecule has 7 heteroatoms. The van der Waals surface area contributed by atoms with Crippen LogP contribution in [0, 0.1) is 5.92 Å². The van der Waals surface area contributed by atoms with Gasteiger partial charge in [0.25, 0.3) is 5.22 Å². The molecule has 1 aliphatic carbocycles. The van der Waals surface area contributed by atoms with Gasteiger partial charge in [-0.05, 0) is 47.6 Å². The van der Waals surface area contributed by atoms with Crippen LogP contribution < -0.4 is 0 Å². The Morgan fingerprint density at radius 1 is 1.16 bits per heavy atom. The van der Waals surface area contributed by atoms with Gasteiger partial charge < -0.3 is 9.32 Å². The fourth-order valence-corrected chi connectivity index (χ4v) is 5.44. The predicted octanol–water partition coefficient (Wildman–Crippen LogP) is 4.10. The number of carbonyl (C=O) groups is 2. The molecule has 1 atom stereocenters. The highest BCUT2D eigenvalue weighted by atomic mass is 32.2. The van der Waals surface area contributed by atoms with Crippen LogP contribution in [0.5, 0.6) is 0 Å². The zero-order chi connectivity index (χ0) is 21.4. The number of aryl methyl sites for hydroxylation is 3. The van der Waals surface area contributed by atoms with Gasteiger partial charge in [-0.3, -0.25) is 9.59 Å². The monoisotopic (exact) mass is 435 g/mol. The van der Waals surface area contributed by atoms with E-state index < -0.39 is 0 Å². The van der Waals surface area contributed by atoms with E-state index in [1.54, 1.807) is 0 Å². The van der Waals surface area contributed by atoms with Crippen LogP contribution in [0.3, 0.4) is 0 Å². The van der Waals surface area contributed by atoms with Gasteiger partial charge >= 0.3 is 0 Å². The number of benzene rings is 2. The molecule has 0 radical (unpaired) electrons. The van der Waals surface area contributed by atoms with Crippen LogP contribution in [0.1, 0.15) is 47.1 Å². The number of piperidine rings is 1. The van der Waals surface area contributed by atoms with Gasteiger partial charge in [-0.1, -0.05) is 49.0 Å². The highest BCUT2D eigenvalue weighted by Crippen LogP contribution is 2.34. The van der Waals surface area contributed by atoms with Gasteiger partial charge in [0.05, 0.1) is 5.75 Å². The van der Waals surface area contributed by atoms with Crippen molar-refractivity contribution in [2.45, 2.75) is 44.3 Å². The van der Waals surface area contributed by atoms with Gasteiger partial charge in [-0.15, -0.1) is 10.2 Å². The molecule has 1 saturated heterocycles. The summed E-state index contributed by atoms with van der Waals surface area (Å²) in [6.07, 6.45) is 4.44. The van der Waals surface area contributed by atoms with Gasteiger partial charge in [0, 0.05) is 31.0 Å². The minimum absolute atomic E-state index is 0.0131. The third-order valence-corrected chi connectivity index (χ3v) is 7.16. The lowest BCUT2D eigenvalue weighted by Crippen LogP contribution is -2.43. The van der Waals surface area contributed by atoms with E-state index in [-0.39, 0.29) is 23.4 Å². The fourth-order valence-electron chi connectivity index (χ4n) is 4.75. The largest absolute Gasteiger partial charge is 0.416 e. The number of amides is 1. The van der Waals surface area contributed by atoms with Gasteiger partial charge in [0.1, 0.15) is 0 Å². The zero-order valence-corrected chi connectivity index (χ0v) is 18.4. The van der Waals surface area contributed by atoms with Crippen molar-refractivity contribution < 1.29 is 14.0 Å². The number of aromatic nitrogens is 2. The van der Waals surface area contributed by atoms with E-state index in [1.807, 2.05) is 17.9 Å². The number of nitrogens with zero attached hydrogens (tertiary/aromatic N) is 3. The Kier molecular flexibility index (Phi) is 5.52. The number of Topliss-reactive ketones (excluding diaryl/α,β-unsaturated/α-hetero) is 1. The van der Waals surface area contributed by atoms with Gasteiger partial charge in [-0.2, -0.15) is 0 Å². The molecule has 0 saturated carbocycles. The Morgan fingerprint density at radius 3 is 2.81 bits per heavy atom.